The van der Waals surface area contributed by atoms with Gasteiger partial charge in [-0.05, 0) is 36.8 Å². The zero-order chi connectivity index (χ0) is 16.8. The summed E-state index contributed by atoms with van der Waals surface area (Å²) in [6, 6.07) is 17.8. The van der Waals surface area contributed by atoms with Gasteiger partial charge >= 0.3 is 0 Å². The lowest BCUT2D eigenvalue weighted by Gasteiger charge is -2.29. The Hall–Kier alpha value is -2.59. The molecule has 1 aliphatic rings. The van der Waals surface area contributed by atoms with Gasteiger partial charge in [0.15, 0.2) is 0 Å². The van der Waals surface area contributed by atoms with Crippen molar-refractivity contribution in [1.82, 2.24) is 0 Å². The van der Waals surface area contributed by atoms with E-state index in [9.17, 15) is 4.79 Å². The van der Waals surface area contributed by atoms with E-state index in [4.69, 9.17) is 4.74 Å². The summed E-state index contributed by atoms with van der Waals surface area (Å²) in [4.78, 5) is 14.7. The Morgan fingerprint density at radius 2 is 1.83 bits per heavy atom. The first kappa shape index (κ1) is 16.3. The van der Waals surface area contributed by atoms with Gasteiger partial charge in [0, 0.05) is 30.0 Å². The Bertz CT molecular complexity index is 719. The molecule has 0 unspecified atom stereocenters. The quantitative estimate of drug-likeness (QED) is 0.875. The molecule has 0 aliphatic carbocycles. The number of nitrogens with one attached hydrogen (secondary N) is 1. The first-order chi connectivity index (χ1) is 11.7. The topological polar surface area (TPSA) is 41.6 Å². The number of carbonyl (C=O) groups is 1. The highest BCUT2D eigenvalue weighted by molar-refractivity contribution is 6.06. The number of carbonyl (C=O) groups excluding carboxylic acids is 1. The molecule has 0 aromatic heterocycles. The molecule has 1 fully saturated rings. The highest BCUT2D eigenvalue weighted by Crippen LogP contribution is 2.21. The molecule has 0 saturated carbocycles. The van der Waals surface area contributed by atoms with Gasteiger partial charge in [-0.25, -0.2) is 0 Å². The molecule has 124 valence electrons. The molecule has 4 nitrogen and oxygen atoms in total. The van der Waals surface area contributed by atoms with Gasteiger partial charge < -0.3 is 15.0 Å². The molecule has 2 aromatic rings. The number of amides is 1. The van der Waals surface area contributed by atoms with Crippen LogP contribution in [0.3, 0.4) is 0 Å². The second-order valence-electron chi connectivity index (χ2n) is 5.84. The molecular formula is C20H22N2O2. The average molecular weight is 322 g/mol. The van der Waals surface area contributed by atoms with Crippen molar-refractivity contribution in [2.75, 3.05) is 36.5 Å². The number of anilines is 2. The van der Waals surface area contributed by atoms with E-state index in [0.29, 0.717) is 5.57 Å². The fourth-order valence-electron chi connectivity index (χ4n) is 2.70. The van der Waals surface area contributed by atoms with Crippen LogP contribution in [0.5, 0.6) is 0 Å². The third-order valence-corrected chi connectivity index (χ3v) is 4.02. The van der Waals surface area contributed by atoms with Gasteiger partial charge in [0.2, 0.25) is 0 Å². The summed E-state index contributed by atoms with van der Waals surface area (Å²) < 4.78 is 5.39. The van der Waals surface area contributed by atoms with Crippen molar-refractivity contribution in [3.8, 4) is 0 Å². The Morgan fingerprint density at radius 3 is 2.58 bits per heavy atom. The molecular weight excluding hydrogens is 300 g/mol. The van der Waals surface area contributed by atoms with Gasteiger partial charge in [-0.3, -0.25) is 4.79 Å². The Morgan fingerprint density at radius 1 is 1.08 bits per heavy atom. The molecule has 0 spiro atoms. The minimum absolute atomic E-state index is 0.0852. The second kappa shape index (κ2) is 7.79. The van der Waals surface area contributed by atoms with Gasteiger partial charge in [-0.1, -0.05) is 36.4 Å². The number of hydrogen-bond donors (Lipinski definition) is 1. The minimum atomic E-state index is -0.0852. The monoisotopic (exact) mass is 322 g/mol. The molecule has 0 atom stereocenters. The number of rotatable bonds is 4. The normalized spacial score (nSPS) is 15.2. The molecule has 2 aromatic carbocycles. The zero-order valence-electron chi connectivity index (χ0n) is 13.9. The zero-order valence-corrected chi connectivity index (χ0v) is 13.9. The maximum Gasteiger partial charge on any atom is 0.251 e. The number of morpholine rings is 1. The average Bonchev–Trinajstić information content (AvgIpc) is 2.63. The van der Waals surface area contributed by atoms with E-state index in [1.165, 1.54) is 0 Å². The van der Waals surface area contributed by atoms with Crippen LogP contribution in [0.25, 0.3) is 6.08 Å². The third kappa shape index (κ3) is 4.24. The van der Waals surface area contributed by atoms with E-state index in [2.05, 4.69) is 16.3 Å². The van der Waals surface area contributed by atoms with Gasteiger partial charge in [0.05, 0.1) is 13.2 Å². The van der Waals surface area contributed by atoms with E-state index in [-0.39, 0.29) is 5.91 Å². The Kier molecular flexibility index (Phi) is 5.29. The molecule has 1 saturated heterocycles. The number of hydrogen-bond acceptors (Lipinski definition) is 3. The van der Waals surface area contributed by atoms with Crippen molar-refractivity contribution >= 4 is 23.4 Å². The summed E-state index contributed by atoms with van der Waals surface area (Å²) in [7, 11) is 0. The molecule has 4 heteroatoms. The minimum Gasteiger partial charge on any atom is -0.378 e. The summed E-state index contributed by atoms with van der Waals surface area (Å²) in [5.41, 5.74) is 3.62. The van der Waals surface area contributed by atoms with Crippen molar-refractivity contribution in [2.24, 2.45) is 0 Å². The van der Waals surface area contributed by atoms with Crippen LogP contribution in [-0.4, -0.2) is 32.2 Å². The van der Waals surface area contributed by atoms with Gasteiger partial charge in [-0.15, -0.1) is 0 Å². The van der Waals surface area contributed by atoms with Gasteiger partial charge in [0.1, 0.15) is 0 Å². The van der Waals surface area contributed by atoms with Gasteiger partial charge in [-0.2, -0.15) is 0 Å². The standard InChI is InChI=1S/C20H22N2O2/c1-16(14-17-6-3-2-4-7-17)20(23)21-18-8-5-9-19(15-18)22-10-12-24-13-11-22/h2-9,14-15H,10-13H2,1H3,(H,21,23)/b16-14+. The Balaban J connectivity index is 1.69. The van der Waals surface area contributed by atoms with Crippen LogP contribution in [0.1, 0.15) is 12.5 Å². The molecule has 1 N–H and O–H groups in total. The Labute approximate surface area is 142 Å². The number of ether oxygens (including phenoxy) is 1. The third-order valence-electron chi connectivity index (χ3n) is 4.02. The largest absolute Gasteiger partial charge is 0.378 e. The van der Waals surface area contributed by atoms with Crippen molar-refractivity contribution < 1.29 is 9.53 Å². The summed E-state index contributed by atoms with van der Waals surface area (Å²) in [5, 5.41) is 2.98. The number of benzene rings is 2. The molecule has 1 amide bonds. The smallest absolute Gasteiger partial charge is 0.251 e. The van der Waals surface area contributed by atoms with Crippen LogP contribution in [0.15, 0.2) is 60.2 Å². The maximum atomic E-state index is 12.4. The van der Waals surface area contributed by atoms with Crippen LogP contribution < -0.4 is 10.2 Å². The maximum absolute atomic E-state index is 12.4. The van der Waals surface area contributed by atoms with E-state index in [1.807, 2.05) is 61.5 Å². The first-order valence-electron chi connectivity index (χ1n) is 8.20. The summed E-state index contributed by atoms with van der Waals surface area (Å²) in [6.45, 7) is 5.08. The van der Waals surface area contributed by atoms with E-state index >= 15 is 0 Å². The van der Waals surface area contributed by atoms with E-state index in [0.717, 1.165) is 43.2 Å². The fraction of sp³-hybridized carbons (Fsp3) is 0.250. The van der Waals surface area contributed by atoms with E-state index in [1.54, 1.807) is 0 Å². The summed E-state index contributed by atoms with van der Waals surface area (Å²) in [6.07, 6.45) is 1.89. The summed E-state index contributed by atoms with van der Waals surface area (Å²) in [5.74, 6) is -0.0852. The van der Waals surface area contributed by atoms with Crippen molar-refractivity contribution in [1.29, 1.82) is 0 Å². The SMILES string of the molecule is C/C(=C\c1ccccc1)C(=O)Nc1cccc(N2CCOCC2)c1. The van der Waals surface area contributed by atoms with Crippen molar-refractivity contribution in [2.45, 2.75) is 6.92 Å². The molecule has 0 bridgehead atoms. The van der Waals surface area contributed by atoms with Gasteiger partial charge in [0.25, 0.3) is 5.91 Å². The molecule has 3 rings (SSSR count). The predicted molar refractivity (Wildman–Crippen MR) is 98.2 cm³/mol. The van der Waals surface area contributed by atoms with Crippen molar-refractivity contribution in [3.05, 3.63) is 65.7 Å². The number of nitrogens with zero attached hydrogens (tertiary/aromatic N) is 1. The highest BCUT2D eigenvalue weighted by atomic mass is 16.5. The van der Waals surface area contributed by atoms with Crippen LogP contribution in [0, 0.1) is 0 Å². The van der Waals surface area contributed by atoms with E-state index < -0.39 is 0 Å². The van der Waals surface area contributed by atoms with Crippen LogP contribution in [0.2, 0.25) is 0 Å². The first-order valence-corrected chi connectivity index (χ1v) is 8.20. The van der Waals surface area contributed by atoms with Crippen LogP contribution in [-0.2, 0) is 9.53 Å². The molecule has 24 heavy (non-hydrogen) atoms. The molecule has 1 heterocycles. The lowest BCUT2D eigenvalue weighted by molar-refractivity contribution is -0.112. The van der Waals surface area contributed by atoms with Crippen LogP contribution in [0.4, 0.5) is 11.4 Å². The molecule has 1 aliphatic heterocycles. The molecule has 0 radical (unpaired) electrons. The highest BCUT2D eigenvalue weighted by Gasteiger charge is 2.12. The fourth-order valence-corrected chi connectivity index (χ4v) is 2.70. The second-order valence-corrected chi connectivity index (χ2v) is 5.84. The van der Waals surface area contributed by atoms with Crippen molar-refractivity contribution in [3.63, 3.8) is 0 Å². The summed E-state index contributed by atoms with van der Waals surface area (Å²) >= 11 is 0. The lowest BCUT2D eigenvalue weighted by atomic mass is 10.1. The van der Waals surface area contributed by atoms with Crippen LogP contribution >= 0.6 is 0 Å². The predicted octanol–water partition coefficient (Wildman–Crippen LogP) is 3.57. The lowest BCUT2D eigenvalue weighted by Crippen LogP contribution is -2.36.